The highest BCUT2D eigenvalue weighted by Gasteiger charge is 2.42. The van der Waals surface area contributed by atoms with Gasteiger partial charge in [0, 0.05) is 18.7 Å². The zero-order valence-electron chi connectivity index (χ0n) is 20.7. The van der Waals surface area contributed by atoms with Crippen LogP contribution < -0.4 is 10.6 Å². The van der Waals surface area contributed by atoms with Crippen LogP contribution in [0, 0.1) is 0 Å². The summed E-state index contributed by atoms with van der Waals surface area (Å²) in [6.45, 7) is 0.903. The van der Waals surface area contributed by atoms with Gasteiger partial charge in [-0.3, -0.25) is 19.4 Å². The Balaban J connectivity index is 1.22. The third kappa shape index (κ3) is 6.00. The minimum atomic E-state index is -0.850. The zero-order chi connectivity index (χ0) is 26.3. The van der Waals surface area contributed by atoms with Crippen molar-refractivity contribution in [3.63, 3.8) is 0 Å². The standard InChI is InChI=1S/C29H27N5O3S/c35-25(31-18-21-11-5-2-6-12-21)17-24-28(37)34-27(32-24)22-13-7-8-14-23(22)33-29(34)38-19-26(36)30-16-15-20-9-3-1-4-10-20/h1-14,24H,15-19H2,(H,30,36)(H,31,35)/t24-/m1/s1. The number of carbonyl (C=O) groups is 3. The molecule has 0 saturated heterocycles. The molecule has 1 atom stereocenters. The molecular weight excluding hydrogens is 498 g/mol. The summed E-state index contributed by atoms with van der Waals surface area (Å²) in [7, 11) is 0. The number of fused-ring (bicyclic) bond motifs is 3. The molecule has 0 bridgehead atoms. The first-order chi connectivity index (χ1) is 18.6. The molecule has 0 aromatic heterocycles. The van der Waals surface area contributed by atoms with E-state index >= 15 is 0 Å². The molecule has 2 N–H and O–H groups in total. The van der Waals surface area contributed by atoms with E-state index in [1.54, 1.807) is 0 Å². The van der Waals surface area contributed by atoms with Crippen molar-refractivity contribution in [2.24, 2.45) is 9.98 Å². The molecule has 3 aromatic rings. The number of amides is 3. The molecular formula is C29H27N5O3S. The summed E-state index contributed by atoms with van der Waals surface area (Å²) in [5, 5.41) is 6.17. The van der Waals surface area contributed by atoms with E-state index in [4.69, 9.17) is 0 Å². The van der Waals surface area contributed by atoms with Crippen LogP contribution >= 0.6 is 11.8 Å². The van der Waals surface area contributed by atoms with Crippen LogP contribution in [0.2, 0.25) is 0 Å². The van der Waals surface area contributed by atoms with E-state index in [2.05, 4.69) is 20.6 Å². The number of nitrogens with one attached hydrogen (secondary N) is 2. The molecule has 38 heavy (non-hydrogen) atoms. The van der Waals surface area contributed by atoms with Gasteiger partial charge >= 0.3 is 0 Å². The summed E-state index contributed by atoms with van der Waals surface area (Å²) >= 11 is 1.19. The lowest BCUT2D eigenvalue weighted by atomic mass is 10.1. The van der Waals surface area contributed by atoms with E-state index < -0.39 is 6.04 Å². The quantitative estimate of drug-likeness (QED) is 0.447. The number of hydrogen-bond acceptors (Lipinski definition) is 6. The lowest BCUT2D eigenvalue weighted by Crippen LogP contribution is -2.42. The van der Waals surface area contributed by atoms with E-state index in [-0.39, 0.29) is 29.9 Å². The number of amidine groups is 2. The summed E-state index contributed by atoms with van der Waals surface area (Å²) in [5.74, 6) is -0.147. The average Bonchev–Trinajstić information content (AvgIpc) is 3.27. The Morgan fingerprint density at radius 1 is 0.842 bits per heavy atom. The predicted molar refractivity (Wildman–Crippen MR) is 149 cm³/mol. The number of para-hydroxylation sites is 1. The van der Waals surface area contributed by atoms with Crippen LogP contribution in [0.25, 0.3) is 0 Å². The second kappa shape index (κ2) is 11.9. The minimum Gasteiger partial charge on any atom is -0.355 e. The number of benzene rings is 3. The topological polar surface area (TPSA) is 103 Å². The summed E-state index contributed by atoms with van der Waals surface area (Å²) in [6.07, 6.45) is 0.673. The van der Waals surface area contributed by atoms with Crippen LogP contribution in [-0.2, 0) is 27.3 Å². The molecule has 3 amide bonds. The first-order valence-corrected chi connectivity index (χ1v) is 13.4. The van der Waals surface area contributed by atoms with Gasteiger partial charge in [0.15, 0.2) is 5.17 Å². The van der Waals surface area contributed by atoms with Crippen molar-refractivity contribution in [1.82, 2.24) is 15.5 Å². The lowest BCUT2D eigenvalue weighted by Gasteiger charge is -2.25. The smallest absolute Gasteiger partial charge is 0.259 e. The van der Waals surface area contributed by atoms with Crippen molar-refractivity contribution in [3.05, 3.63) is 102 Å². The fraction of sp³-hybridized carbons (Fsp3) is 0.207. The van der Waals surface area contributed by atoms with Gasteiger partial charge in [0.1, 0.15) is 11.9 Å². The van der Waals surface area contributed by atoms with Gasteiger partial charge in [0.05, 0.1) is 17.9 Å². The Morgan fingerprint density at radius 2 is 1.53 bits per heavy atom. The molecule has 0 spiro atoms. The lowest BCUT2D eigenvalue weighted by molar-refractivity contribution is -0.128. The molecule has 2 aliphatic heterocycles. The highest BCUT2D eigenvalue weighted by atomic mass is 32.2. The third-order valence-electron chi connectivity index (χ3n) is 6.17. The van der Waals surface area contributed by atoms with Gasteiger partial charge in [-0.05, 0) is 29.7 Å². The van der Waals surface area contributed by atoms with Crippen LogP contribution in [-0.4, -0.2) is 52.0 Å². The molecule has 0 radical (unpaired) electrons. The zero-order valence-corrected chi connectivity index (χ0v) is 21.5. The van der Waals surface area contributed by atoms with Gasteiger partial charge in [0.25, 0.3) is 5.91 Å². The van der Waals surface area contributed by atoms with Crippen molar-refractivity contribution in [1.29, 1.82) is 0 Å². The third-order valence-corrected chi connectivity index (χ3v) is 7.11. The van der Waals surface area contributed by atoms with Crippen molar-refractivity contribution in [3.8, 4) is 0 Å². The largest absolute Gasteiger partial charge is 0.355 e. The second-order valence-electron chi connectivity index (χ2n) is 8.89. The van der Waals surface area contributed by atoms with E-state index in [9.17, 15) is 14.4 Å². The van der Waals surface area contributed by atoms with Crippen molar-refractivity contribution < 1.29 is 14.4 Å². The van der Waals surface area contributed by atoms with Gasteiger partial charge in [-0.1, -0.05) is 84.6 Å². The summed E-state index contributed by atoms with van der Waals surface area (Å²) in [6, 6.07) is 26.1. The molecule has 0 saturated carbocycles. The van der Waals surface area contributed by atoms with Crippen LogP contribution in [0.1, 0.15) is 23.1 Å². The summed E-state index contributed by atoms with van der Waals surface area (Å²) in [5.41, 5.74) is 3.53. The SMILES string of the molecule is O=C(CSC1=Nc2ccccc2C2=N[C@H](CC(=O)NCc3ccccc3)C(=O)N12)NCCc1ccccc1. The average molecular weight is 526 g/mol. The first-order valence-electron chi connectivity index (χ1n) is 12.4. The van der Waals surface area contributed by atoms with Gasteiger partial charge in [-0.2, -0.15) is 0 Å². The highest BCUT2D eigenvalue weighted by Crippen LogP contribution is 2.34. The molecule has 2 aliphatic rings. The molecule has 5 rings (SSSR count). The van der Waals surface area contributed by atoms with Crippen molar-refractivity contribution in [2.75, 3.05) is 12.3 Å². The van der Waals surface area contributed by atoms with Crippen molar-refractivity contribution >= 4 is 46.2 Å². The Hall–Kier alpha value is -4.24. The predicted octanol–water partition coefficient (Wildman–Crippen LogP) is 3.44. The Bertz CT molecular complexity index is 1390. The number of thioether (sulfide) groups is 1. The van der Waals surface area contributed by atoms with E-state index in [1.165, 1.54) is 16.7 Å². The number of rotatable bonds is 9. The normalized spacial score (nSPS) is 15.7. The maximum absolute atomic E-state index is 13.4. The van der Waals surface area contributed by atoms with Crippen molar-refractivity contribution in [2.45, 2.75) is 25.4 Å². The van der Waals surface area contributed by atoms with Crippen LogP contribution in [0.5, 0.6) is 0 Å². The number of carbonyl (C=O) groups excluding carboxylic acids is 3. The van der Waals surface area contributed by atoms with Crippen LogP contribution in [0.4, 0.5) is 5.69 Å². The maximum atomic E-state index is 13.4. The van der Waals surface area contributed by atoms with E-state index in [0.29, 0.717) is 29.8 Å². The number of hydrogen-bond donors (Lipinski definition) is 2. The van der Waals surface area contributed by atoms with Crippen LogP contribution in [0.3, 0.4) is 0 Å². The van der Waals surface area contributed by atoms with Gasteiger partial charge in [-0.15, -0.1) is 0 Å². The number of nitrogens with zero attached hydrogens (tertiary/aromatic N) is 3. The fourth-order valence-corrected chi connectivity index (χ4v) is 5.08. The Kier molecular flexibility index (Phi) is 7.94. The minimum absolute atomic E-state index is 0.0637. The second-order valence-corrected chi connectivity index (χ2v) is 9.84. The maximum Gasteiger partial charge on any atom is 0.259 e. The van der Waals surface area contributed by atoms with Gasteiger partial charge < -0.3 is 10.6 Å². The fourth-order valence-electron chi connectivity index (χ4n) is 4.25. The molecule has 0 fully saturated rings. The highest BCUT2D eigenvalue weighted by molar-refractivity contribution is 8.14. The summed E-state index contributed by atoms with van der Waals surface area (Å²) in [4.78, 5) is 49.2. The first kappa shape index (κ1) is 25.4. The van der Waals surface area contributed by atoms with Crippen LogP contribution in [0.15, 0.2) is 94.9 Å². The Labute approximate surface area is 225 Å². The number of aliphatic imine (C=N–C) groups is 2. The van der Waals surface area contributed by atoms with E-state index in [0.717, 1.165) is 23.1 Å². The molecule has 3 aromatic carbocycles. The molecule has 0 aliphatic carbocycles. The van der Waals surface area contributed by atoms with E-state index in [1.807, 2.05) is 84.9 Å². The molecule has 9 heteroatoms. The molecule has 2 heterocycles. The summed E-state index contributed by atoms with van der Waals surface area (Å²) < 4.78 is 0. The molecule has 0 unspecified atom stereocenters. The monoisotopic (exact) mass is 525 g/mol. The van der Waals surface area contributed by atoms with Gasteiger partial charge in [-0.25, -0.2) is 9.89 Å². The van der Waals surface area contributed by atoms with Gasteiger partial charge in [0.2, 0.25) is 11.8 Å². The Morgan fingerprint density at radius 3 is 2.29 bits per heavy atom. The molecule has 8 nitrogen and oxygen atoms in total. The molecule has 192 valence electrons.